The Morgan fingerprint density at radius 3 is 2.53 bits per heavy atom. The number of carbonyl (C=O) groups excluding carboxylic acids is 2. The summed E-state index contributed by atoms with van der Waals surface area (Å²) in [5, 5.41) is 3.20. The van der Waals surface area contributed by atoms with Crippen LogP contribution < -0.4 is 5.32 Å². The van der Waals surface area contributed by atoms with Gasteiger partial charge in [0.1, 0.15) is 5.69 Å². The molecule has 0 spiro atoms. The Labute approximate surface area is 188 Å². The van der Waals surface area contributed by atoms with Crippen molar-refractivity contribution in [1.29, 1.82) is 0 Å². The van der Waals surface area contributed by atoms with Crippen LogP contribution in [-0.2, 0) is 11.2 Å². The van der Waals surface area contributed by atoms with E-state index in [1.165, 1.54) is 7.11 Å². The number of amides is 1. The van der Waals surface area contributed by atoms with Gasteiger partial charge in [-0.15, -0.1) is 0 Å². The number of ketones is 1. The number of rotatable bonds is 5. The summed E-state index contributed by atoms with van der Waals surface area (Å²) in [5.74, 6) is -0.109. The van der Waals surface area contributed by atoms with E-state index >= 15 is 0 Å². The maximum atomic E-state index is 12.8. The maximum Gasteiger partial charge on any atom is 0.411 e. The fourth-order valence-corrected chi connectivity index (χ4v) is 3.61. The van der Waals surface area contributed by atoms with E-state index in [4.69, 9.17) is 11.6 Å². The van der Waals surface area contributed by atoms with Gasteiger partial charge in [-0.05, 0) is 64.2 Å². The molecule has 154 valence electrons. The van der Waals surface area contributed by atoms with E-state index in [2.05, 4.69) is 31.0 Å². The average molecular weight is 488 g/mol. The van der Waals surface area contributed by atoms with Gasteiger partial charge in [0, 0.05) is 28.3 Å². The van der Waals surface area contributed by atoms with Gasteiger partial charge in [0.15, 0.2) is 5.78 Å². The van der Waals surface area contributed by atoms with Gasteiger partial charge < -0.3 is 4.74 Å². The lowest BCUT2D eigenvalue weighted by molar-refractivity contribution is 0.0988. The van der Waals surface area contributed by atoms with Crippen molar-refractivity contribution in [1.82, 2.24) is 4.98 Å². The second-order valence-electron chi connectivity index (χ2n) is 6.79. The molecule has 0 atom stereocenters. The van der Waals surface area contributed by atoms with Gasteiger partial charge in [-0.25, -0.2) is 4.79 Å². The third-order valence-corrected chi connectivity index (χ3v) is 6.08. The van der Waals surface area contributed by atoms with E-state index in [9.17, 15) is 9.59 Å². The number of anilines is 1. The molecule has 0 fully saturated rings. The SMILES string of the molecule is COC(=O)Nc1cccc(-c2cccc(CC(=O)c3cc(C)c(Br)cn3)c2Cl)c1C. The summed E-state index contributed by atoms with van der Waals surface area (Å²) in [5.41, 5.74) is 5.18. The highest BCUT2D eigenvalue weighted by Crippen LogP contribution is 2.35. The van der Waals surface area contributed by atoms with Crippen LogP contribution in [-0.4, -0.2) is 24.0 Å². The topological polar surface area (TPSA) is 68.3 Å². The van der Waals surface area contributed by atoms with E-state index < -0.39 is 6.09 Å². The van der Waals surface area contributed by atoms with E-state index in [-0.39, 0.29) is 12.2 Å². The number of aromatic nitrogens is 1. The molecular weight excluding hydrogens is 468 g/mol. The van der Waals surface area contributed by atoms with Crippen LogP contribution in [0.4, 0.5) is 10.5 Å². The van der Waals surface area contributed by atoms with Crippen molar-refractivity contribution < 1.29 is 14.3 Å². The zero-order chi connectivity index (χ0) is 21.8. The lowest BCUT2D eigenvalue weighted by atomic mass is 9.95. The first-order valence-corrected chi connectivity index (χ1v) is 10.4. The van der Waals surface area contributed by atoms with Crippen LogP contribution in [0, 0.1) is 13.8 Å². The molecule has 0 saturated carbocycles. The van der Waals surface area contributed by atoms with Gasteiger partial charge in [-0.1, -0.05) is 41.9 Å². The van der Waals surface area contributed by atoms with Crippen molar-refractivity contribution in [3.63, 3.8) is 0 Å². The van der Waals surface area contributed by atoms with Gasteiger partial charge in [0.05, 0.1) is 12.1 Å². The molecule has 3 aromatic rings. The first-order valence-electron chi connectivity index (χ1n) is 9.19. The van der Waals surface area contributed by atoms with E-state index in [1.54, 1.807) is 18.3 Å². The molecule has 1 amide bonds. The predicted molar refractivity (Wildman–Crippen MR) is 122 cm³/mol. The highest BCUT2D eigenvalue weighted by atomic mass is 79.9. The third kappa shape index (κ3) is 4.71. The van der Waals surface area contributed by atoms with Gasteiger partial charge in [-0.3, -0.25) is 15.1 Å². The molecule has 0 unspecified atom stereocenters. The van der Waals surface area contributed by atoms with E-state index in [1.807, 2.05) is 44.2 Å². The summed E-state index contributed by atoms with van der Waals surface area (Å²) >= 11 is 10.1. The zero-order valence-electron chi connectivity index (χ0n) is 16.8. The monoisotopic (exact) mass is 486 g/mol. The summed E-state index contributed by atoms with van der Waals surface area (Å²) in [7, 11) is 1.31. The van der Waals surface area contributed by atoms with Crippen LogP contribution >= 0.6 is 27.5 Å². The van der Waals surface area contributed by atoms with Crippen LogP contribution in [0.25, 0.3) is 11.1 Å². The average Bonchev–Trinajstić information content (AvgIpc) is 2.73. The molecule has 5 nitrogen and oxygen atoms in total. The number of ether oxygens (including phenoxy) is 1. The molecule has 1 heterocycles. The van der Waals surface area contributed by atoms with Crippen molar-refractivity contribution >= 4 is 45.1 Å². The van der Waals surface area contributed by atoms with Gasteiger partial charge in [0.25, 0.3) is 0 Å². The lowest BCUT2D eigenvalue weighted by Gasteiger charge is -2.15. The Morgan fingerprint density at radius 2 is 1.83 bits per heavy atom. The smallest absolute Gasteiger partial charge is 0.411 e. The molecule has 2 aromatic carbocycles. The fourth-order valence-electron chi connectivity index (χ4n) is 3.10. The molecule has 7 heteroatoms. The predicted octanol–water partition coefficient (Wildman–Crippen LogP) is 6.39. The fraction of sp³-hybridized carbons (Fsp3) is 0.174. The van der Waals surface area contributed by atoms with Crippen molar-refractivity contribution in [3.05, 3.63) is 80.5 Å². The Kier molecular flexibility index (Phi) is 6.90. The van der Waals surface area contributed by atoms with Gasteiger partial charge >= 0.3 is 6.09 Å². The molecule has 0 aliphatic carbocycles. The first kappa shape index (κ1) is 22.0. The largest absolute Gasteiger partial charge is 0.453 e. The number of methoxy groups -OCH3 is 1. The number of halogens is 2. The second kappa shape index (κ2) is 9.41. The number of aryl methyl sites for hydroxylation is 1. The number of nitrogens with one attached hydrogen (secondary N) is 1. The normalized spacial score (nSPS) is 10.6. The number of Topliss-reactive ketones (excluding diaryl/α,β-unsaturated/α-hetero) is 1. The summed E-state index contributed by atoms with van der Waals surface area (Å²) in [6.07, 6.45) is 1.22. The third-order valence-electron chi connectivity index (χ3n) is 4.81. The summed E-state index contributed by atoms with van der Waals surface area (Å²) in [6.45, 7) is 3.80. The van der Waals surface area contributed by atoms with Crippen molar-refractivity contribution in [2.45, 2.75) is 20.3 Å². The highest BCUT2D eigenvalue weighted by molar-refractivity contribution is 9.10. The first-order chi connectivity index (χ1) is 14.3. The maximum absolute atomic E-state index is 12.8. The van der Waals surface area contributed by atoms with E-state index in [0.717, 1.165) is 26.7 Å². The minimum absolute atomic E-state index is 0.109. The highest BCUT2D eigenvalue weighted by Gasteiger charge is 2.17. The van der Waals surface area contributed by atoms with Crippen LogP contribution in [0.15, 0.2) is 53.1 Å². The molecule has 1 N–H and O–H groups in total. The van der Waals surface area contributed by atoms with Crippen LogP contribution in [0.3, 0.4) is 0 Å². The van der Waals surface area contributed by atoms with Crippen LogP contribution in [0.2, 0.25) is 5.02 Å². The van der Waals surface area contributed by atoms with Crippen LogP contribution in [0.1, 0.15) is 27.2 Å². The van der Waals surface area contributed by atoms with Crippen LogP contribution in [0.5, 0.6) is 0 Å². The molecular formula is C23H20BrClN2O3. The number of hydrogen-bond donors (Lipinski definition) is 1. The molecule has 0 aliphatic rings. The summed E-state index contributed by atoms with van der Waals surface area (Å²) in [6, 6.07) is 12.9. The number of pyridine rings is 1. The zero-order valence-corrected chi connectivity index (χ0v) is 19.1. The summed E-state index contributed by atoms with van der Waals surface area (Å²) in [4.78, 5) is 28.6. The number of hydrogen-bond acceptors (Lipinski definition) is 4. The Balaban J connectivity index is 1.94. The number of benzene rings is 2. The minimum Gasteiger partial charge on any atom is -0.453 e. The Bertz CT molecular complexity index is 1130. The van der Waals surface area contributed by atoms with E-state index in [0.29, 0.717) is 22.0 Å². The minimum atomic E-state index is -0.544. The molecule has 3 rings (SSSR count). The quantitative estimate of drug-likeness (QED) is 0.424. The number of nitrogens with zero attached hydrogens (tertiary/aromatic N) is 1. The Hall–Kier alpha value is -2.70. The molecule has 0 aliphatic heterocycles. The standard InChI is InChI=1S/C23H20BrClN2O3/c1-13-10-20(26-12-18(13)24)21(28)11-15-6-4-8-17(22(15)25)16-7-5-9-19(14(16)2)27-23(29)30-3/h4-10,12H,11H2,1-3H3,(H,27,29). The molecule has 30 heavy (non-hydrogen) atoms. The molecule has 1 aromatic heterocycles. The molecule has 0 bridgehead atoms. The van der Waals surface area contributed by atoms with Crippen molar-refractivity contribution in [3.8, 4) is 11.1 Å². The summed E-state index contributed by atoms with van der Waals surface area (Å²) < 4.78 is 5.53. The lowest BCUT2D eigenvalue weighted by Crippen LogP contribution is -2.12. The van der Waals surface area contributed by atoms with Crippen molar-refractivity contribution in [2.75, 3.05) is 12.4 Å². The van der Waals surface area contributed by atoms with Gasteiger partial charge in [0.2, 0.25) is 0 Å². The second-order valence-corrected chi connectivity index (χ2v) is 8.02. The molecule has 0 radical (unpaired) electrons. The number of carbonyl (C=O) groups is 2. The van der Waals surface area contributed by atoms with Crippen molar-refractivity contribution in [2.24, 2.45) is 0 Å². The Morgan fingerprint density at radius 1 is 1.13 bits per heavy atom. The molecule has 0 saturated heterocycles. The van der Waals surface area contributed by atoms with Gasteiger partial charge in [-0.2, -0.15) is 0 Å².